The van der Waals surface area contributed by atoms with Crippen molar-refractivity contribution in [3.63, 3.8) is 0 Å². The van der Waals surface area contributed by atoms with Crippen molar-refractivity contribution in [1.82, 2.24) is 25.4 Å². The van der Waals surface area contributed by atoms with Gasteiger partial charge in [0.1, 0.15) is 35.6 Å². The number of halogens is 2. The van der Waals surface area contributed by atoms with Crippen LogP contribution < -0.4 is 15.4 Å². The number of nitrogens with zero attached hydrogens (tertiary/aromatic N) is 3. The zero-order valence-corrected chi connectivity index (χ0v) is 26.8. The van der Waals surface area contributed by atoms with Crippen molar-refractivity contribution < 1.29 is 27.9 Å². The second-order valence-electron chi connectivity index (χ2n) is 13.0. The Morgan fingerprint density at radius 3 is 2.70 bits per heavy atom. The summed E-state index contributed by atoms with van der Waals surface area (Å²) in [5, 5.41) is 6.08. The lowest BCUT2D eigenvalue weighted by atomic mass is 9.99. The number of benzene rings is 2. The van der Waals surface area contributed by atoms with E-state index in [0.29, 0.717) is 16.8 Å². The van der Waals surface area contributed by atoms with E-state index in [0.717, 1.165) is 42.8 Å². The van der Waals surface area contributed by atoms with Crippen molar-refractivity contribution in [2.75, 3.05) is 33.2 Å². The molecule has 0 radical (unpaired) electrons. The van der Waals surface area contributed by atoms with E-state index in [4.69, 9.17) is 4.74 Å². The van der Waals surface area contributed by atoms with E-state index in [1.54, 1.807) is 6.07 Å². The maximum atomic E-state index is 14.7. The number of likely N-dealkylation sites (N-methyl/N-ethyl adjacent to an activating group) is 1. The number of fused-ring (bicyclic) bond motifs is 1. The summed E-state index contributed by atoms with van der Waals surface area (Å²) in [5.74, 6) is -0.751. The molecule has 6 rings (SSSR count). The molecule has 2 N–H and O–H groups in total. The van der Waals surface area contributed by atoms with Crippen molar-refractivity contribution in [2.24, 2.45) is 5.92 Å². The van der Waals surface area contributed by atoms with Crippen molar-refractivity contribution in [3.05, 3.63) is 77.2 Å². The molecule has 0 bridgehead atoms. The normalized spacial score (nSPS) is 22.4. The van der Waals surface area contributed by atoms with Gasteiger partial charge in [0.2, 0.25) is 11.8 Å². The first kappa shape index (κ1) is 32.6. The third-order valence-corrected chi connectivity index (χ3v) is 9.09. The van der Waals surface area contributed by atoms with Crippen LogP contribution in [-0.2, 0) is 9.59 Å². The first-order valence-corrected chi connectivity index (χ1v) is 16.4. The summed E-state index contributed by atoms with van der Waals surface area (Å²) in [5.41, 5.74) is 2.33. The van der Waals surface area contributed by atoms with E-state index in [9.17, 15) is 23.2 Å². The molecular formula is C36H41F2N5O4. The topological polar surface area (TPSA) is 104 Å². The molecule has 248 valence electrons. The van der Waals surface area contributed by atoms with Gasteiger partial charge < -0.3 is 25.2 Å². The van der Waals surface area contributed by atoms with Crippen LogP contribution in [0.25, 0.3) is 17.0 Å². The van der Waals surface area contributed by atoms with Gasteiger partial charge in [-0.2, -0.15) is 0 Å². The number of rotatable bonds is 10. The Morgan fingerprint density at radius 2 is 1.91 bits per heavy atom. The number of alkyl halides is 1. The first-order chi connectivity index (χ1) is 22.6. The van der Waals surface area contributed by atoms with Crippen LogP contribution in [0.5, 0.6) is 5.75 Å². The van der Waals surface area contributed by atoms with Gasteiger partial charge >= 0.3 is 0 Å². The zero-order valence-electron chi connectivity index (χ0n) is 26.8. The molecule has 2 aliphatic heterocycles. The Labute approximate surface area is 273 Å². The summed E-state index contributed by atoms with van der Waals surface area (Å²) in [7, 11) is 2.09. The number of hydrogen-bond donors (Lipinski definition) is 2. The van der Waals surface area contributed by atoms with Crippen LogP contribution in [0.4, 0.5) is 8.78 Å². The number of hydrogen-bond acceptors (Lipinski definition) is 6. The van der Waals surface area contributed by atoms with Gasteiger partial charge in [0, 0.05) is 18.4 Å². The van der Waals surface area contributed by atoms with Crippen molar-refractivity contribution >= 4 is 34.7 Å². The minimum absolute atomic E-state index is 0.0538. The molecule has 2 aromatic carbocycles. The van der Waals surface area contributed by atoms with Gasteiger partial charge in [-0.05, 0) is 99.6 Å². The highest BCUT2D eigenvalue weighted by Gasteiger charge is 2.40. The zero-order chi connectivity index (χ0) is 33.1. The number of likely N-dealkylation sites (tertiary alicyclic amines) is 2. The fourth-order valence-electron chi connectivity index (χ4n) is 6.36. The quantitative estimate of drug-likeness (QED) is 0.328. The lowest BCUT2D eigenvalue weighted by Crippen LogP contribution is -2.49. The number of piperidine rings is 1. The average molecular weight is 646 g/mol. The van der Waals surface area contributed by atoms with Crippen LogP contribution in [0.15, 0.2) is 54.6 Å². The maximum Gasteiger partial charge on any atom is 0.270 e. The largest absolute Gasteiger partial charge is 0.489 e. The molecule has 11 heteroatoms. The van der Waals surface area contributed by atoms with E-state index < -0.39 is 48.3 Å². The Morgan fingerprint density at radius 1 is 1.09 bits per heavy atom. The van der Waals surface area contributed by atoms with E-state index in [1.165, 1.54) is 42.0 Å². The molecule has 9 nitrogen and oxygen atoms in total. The number of carbonyl (C=O) groups excluding carboxylic acids is 3. The number of pyridine rings is 1. The van der Waals surface area contributed by atoms with Crippen molar-refractivity contribution in [3.8, 4) is 5.75 Å². The summed E-state index contributed by atoms with van der Waals surface area (Å²) in [6.07, 6.45) is 7.25. The average Bonchev–Trinajstić information content (AvgIpc) is 3.80. The van der Waals surface area contributed by atoms with Gasteiger partial charge in [-0.25, -0.2) is 13.8 Å². The second-order valence-corrected chi connectivity index (χ2v) is 13.0. The lowest BCUT2D eigenvalue weighted by molar-refractivity contribution is -0.138. The van der Waals surface area contributed by atoms with E-state index in [-0.39, 0.29) is 24.8 Å². The molecule has 1 aliphatic carbocycles. The Balaban J connectivity index is 1.11. The molecule has 1 saturated carbocycles. The van der Waals surface area contributed by atoms with Crippen LogP contribution in [0, 0.1) is 11.7 Å². The van der Waals surface area contributed by atoms with Gasteiger partial charge in [0.05, 0.1) is 24.6 Å². The number of ether oxygens (including phenoxy) is 1. The molecular weight excluding hydrogens is 604 g/mol. The highest BCUT2D eigenvalue weighted by Crippen LogP contribution is 2.33. The summed E-state index contributed by atoms with van der Waals surface area (Å²) in [6, 6.07) is 11.5. The molecule has 2 saturated heterocycles. The molecule has 3 fully saturated rings. The van der Waals surface area contributed by atoms with E-state index in [2.05, 4.69) is 39.7 Å². The molecule has 3 amide bonds. The molecule has 1 aromatic heterocycles. The van der Waals surface area contributed by atoms with Gasteiger partial charge in [0.25, 0.3) is 5.91 Å². The summed E-state index contributed by atoms with van der Waals surface area (Å²) in [4.78, 5) is 47.2. The number of amides is 3. The fraction of sp³-hybridized carbons (Fsp3) is 0.444. The Bertz CT molecular complexity index is 1680. The molecule has 3 heterocycles. The first-order valence-electron chi connectivity index (χ1n) is 16.4. The third-order valence-electron chi connectivity index (χ3n) is 9.09. The van der Waals surface area contributed by atoms with Crippen molar-refractivity contribution in [2.45, 2.75) is 63.4 Å². The van der Waals surface area contributed by atoms with Crippen LogP contribution in [-0.4, -0.2) is 84.0 Å². The summed E-state index contributed by atoms with van der Waals surface area (Å²) in [6.45, 7) is 3.10. The fourth-order valence-corrected chi connectivity index (χ4v) is 6.36. The lowest BCUT2D eigenvalue weighted by Gasteiger charge is -2.30. The number of nitrogens with one attached hydrogen (secondary N) is 2. The molecule has 3 aliphatic rings. The molecule has 0 unspecified atom stereocenters. The minimum atomic E-state index is -1.37. The second kappa shape index (κ2) is 14.2. The molecule has 47 heavy (non-hydrogen) atoms. The third kappa shape index (κ3) is 8.13. The van der Waals surface area contributed by atoms with Gasteiger partial charge in [0.15, 0.2) is 0 Å². The Hall–Kier alpha value is -4.38. The minimum Gasteiger partial charge on any atom is -0.489 e. The van der Waals surface area contributed by atoms with Crippen LogP contribution in [0.1, 0.15) is 66.7 Å². The summed E-state index contributed by atoms with van der Waals surface area (Å²) < 4.78 is 34.5. The SMILES string of the molecule is C[C@H](NC(=O)[C@@H]1C[C@@H](F)CN1C(=O)CNC(=O)c1ccc2cc(F)ccc2n1)c1cc(O[C@H]2CCCN(C)C2)ccc1/C=C/C1CC1. The van der Waals surface area contributed by atoms with Gasteiger partial charge in [-0.15, -0.1) is 0 Å². The Kier molecular flexibility index (Phi) is 9.81. The van der Waals surface area contributed by atoms with E-state index >= 15 is 0 Å². The van der Waals surface area contributed by atoms with Crippen LogP contribution in [0.3, 0.4) is 0 Å². The van der Waals surface area contributed by atoms with Gasteiger partial charge in [-0.1, -0.05) is 24.3 Å². The van der Waals surface area contributed by atoms with Crippen LogP contribution >= 0.6 is 0 Å². The van der Waals surface area contributed by atoms with Gasteiger partial charge in [-0.3, -0.25) is 14.4 Å². The molecule has 3 aromatic rings. The predicted octanol–water partition coefficient (Wildman–Crippen LogP) is 4.82. The number of carbonyl (C=O) groups is 3. The summed E-state index contributed by atoms with van der Waals surface area (Å²) >= 11 is 0. The maximum absolute atomic E-state index is 14.7. The smallest absolute Gasteiger partial charge is 0.270 e. The van der Waals surface area contributed by atoms with E-state index in [1.807, 2.05) is 25.1 Å². The molecule has 4 atom stereocenters. The number of allylic oxidation sites excluding steroid dienone is 1. The standard InChI is InChI=1S/C36H41F2N5O4/c1-22(30-18-28(47-29-4-3-15-42(2)21-29)12-9-24(30)8-7-23-5-6-23)40-36(46)33-17-27(38)20-43(33)34(44)19-39-35(45)32-13-10-25-16-26(37)11-14-31(25)41-32/h7-14,16,18,22-23,27,29,33H,3-6,15,17,19-21H2,1-2H3,(H,39,45)(H,40,46)/b8-7+/t22-,27+,29-,33-/m0/s1. The highest BCUT2D eigenvalue weighted by atomic mass is 19.1. The van der Waals surface area contributed by atoms with Crippen molar-refractivity contribution in [1.29, 1.82) is 0 Å². The highest BCUT2D eigenvalue weighted by molar-refractivity contribution is 5.97. The monoisotopic (exact) mass is 645 g/mol. The molecule has 0 spiro atoms. The number of aromatic nitrogens is 1. The van der Waals surface area contributed by atoms with Crippen LogP contribution in [0.2, 0.25) is 0 Å². The predicted molar refractivity (Wildman–Crippen MR) is 175 cm³/mol.